The molecule has 2 rings (SSSR count). The zero-order valence-corrected chi connectivity index (χ0v) is 15.2. The van der Waals surface area contributed by atoms with Crippen LogP contribution in [0.3, 0.4) is 0 Å². The smallest absolute Gasteiger partial charge is 0.323 e. The SMILES string of the molecule is COc1ccc(Cl)cc1CN1CCOC(CN(CC(=O)O)C(C)=O)C1. The predicted octanol–water partition coefficient (Wildman–Crippen LogP) is 1.48. The fraction of sp³-hybridized carbons (Fsp3) is 0.529. The molecule has 1 aromatic rings. The second-order valence-corrected chi connectivity index (χ2v) is 6.41. The minimum Gasteiger partial charge on any atom is -0.496 e. The Hall–Kier alpha value is -1.83. The number of hydrogen-bond donors (Lipinski definition) is 1. The summed E-state index contributed by atoms with van der Waals surface area (Å²) in [5, 5.41) is 9.56. The van der Waals surface area contributed by atoms with E-state index in [1.54, 1.807) is 13.2 Å². The van der Waals surface area contributed by atoms with Crippen molar-refractivity contribution in [1.82, 2.24) is 9.80 Å². The topological polar surface area (TPSA) is 79.3 Å². The first-order chi connectivity index (χ1) is 11.9. The molecule has 1 aliphatic heterocycles. The van der Waals surface area contributed by atoms with Crippen LogP contribution in [0.5, 0.6) is 5.75 Å². The van der Waals surface area contributed by atoms with Crippen LogP contribution < -0.4 is 4.74 Å². The summed E-state index contributed by atoms with van der Waals surface area (Å²) < 4.78 is 11.1. The molecular weight excluding hydrogens is 348 g/mol. The average molecular weight is 371 g/mol. The van der Waals surface area contributed by atoms with Crippen molar-refractivity contribution in [3.05, 3.63) is 28.8 Å². The monoisotopic (exact) mass is 370 g/mol. The summed E-state index contributed by atoms with van der Waals surface area (Å²) in [7, 11) is 1.62. The number of rotatable bonds is 7. The van der Waals surface area contributed by atoms with E-state index in [0.29, 0.717) is 24.7 Å². The van der Waals surface area contributed by atoms with Crippen molar-refractivity contribution in [3.63, 3.8) is 0 Å². The average Bonchev–Trinajstić information content (AvgIpc) is 2.54. The summed E-state index contributed by atoms with van der Waals surface area (Å²) in [6, 6.07) is 5.49. The van der Waals surface area contributed by atoms with Gasteiger partial charge in [0.1, 0.15) is 12.3 Å². The number of amides is 1. The Kier molecular flexibility index (Phi) is 7.04. The van der Waals surface area contributed by atoms with Crippen LogP contribution in [0.1, 0.15) is 12.5 Å². The molecule has 1 aliphatic rings. The number of carboxylic acids is 1. The number of halogens is 1. The van der Waals surface area contributed by atoms with Crippen LogP contribution in [0.4, 0.5) is 0 Å². The van der Waals surface area contributed by atoms with Gasteiger partial charge in [0.25, 0.3) is 0 Å². The number of morpholine rings is 1. The maximum absolute atomic E-state index is 11.6. The van der Waals surface area contributed by atoms with Gasteiger partial charge in [-0.15, -0.1) is 0 Å². The Bertz CT molecular complexity index is 625. The van der Waals surface area contributed by atoms with E-state index >= 15 is 0 Å². The van der Waals surface area contributed by atoms with Crippen molar-refractivity contribution < 1.29 is 24.2 Å². The molecule has 0 aromatic heterocycles. The van der Waals surface area contributed by atoms with Gasteiger partial charge in [-0.3, -0.25) is 14.5 Å². The van der Waals surface area contributed by atoms with Gasteiger partial charge in [-0.05, 0) is 18.2 Å². The third-order valence-electron chi connectivity index (χ3n) is 4.05. The van der Waals surface area contributed by atoms with Gasteiger partial charge in [0.05, 0.1) is 19.8 Å². The maximum Gasteiger partial charge on any atom is 0.323 e. The Balaban J connectivity index is 1.99. The van der Waals surface area contributed by atoms with Crippen molar-refractivity contribution in [2.75, 3.05) is 39.9 Å². The Morgan fingerprint density at radius 2 is 2.24 bits per heavy atom. The van der Waals surface area contributed by atoms with Crippen LogP contribution in [-0.4, -0.2) is 72.8 Å². The lowest BCUT2D eigenvalue weighted by molar-refractivity contribution is -0.145. The molecule has 0 bridgehead atoms. The number of ether oxygens (including phenoxy) is 2. The Morgan fingerprint density at radius 1 is 1.48 bits per heavy atom. The van der Waals surface area contributed by atoms with Crippen LogP contribution in [0.25, 0.3) is 0 Å². The maximum atomic E-state index is 11.6. The molecule has 138 valence electrons. The standard InChI is InChI=1S/C17H23ClN2O5/c1-12(21)20(11-17(22)23)10-15-9-19(5-6-25-15)8-13-7-14(18)3-4-16(13)24-2/h3-4,7,15H,5-6,8-11H2,1-2H3,(H,22,23). The van der Waals surface area contributed by atoms with E-state index in [0.717, 1.165) is 17.9 Å². The zero-order valence-electron chi connectivity index (χ0n) is 14.4. The second kappa shape index (κ2) is 9.03. The van der Waals surface area contributed by atoms with E-state index in [2.05, 4.69) is 4.90 Å². The number of carbonyl (C=O) groups is 2. The molecule has 25 heavy (non-hydrogen) atoms. The highest BCUT2D eigenvalue weighted by Crippen LogP contribution is 2.24. The Morgan fingerprint density at radius 3 is 2.88 bits per heavy atom. The molecule has 0 radical (unpaired) electrons. The molecule has 8 heteroatoms. The molecule has 0 spiro atoms. The van der Waals surface area contributed by atoms with E-state index < -0.39 is 5.97 Å². The summed E-state index contributed by atoms with van der Waals surface area (Å²) in [5.41, 5.74) is 0.976. The summed E-state index contributed by atoms with van der Waals surface area (Å²) >= 11 is 6.07. The lowest BCUT2D eigenvalue weighted by Gasteiger charge is -2.35. The third-order valence-corrected chi connectivity index (χ3v) is 4.29. The van der Waals surface area contributed by atoms with E-state index in [1.165, 1.54) is 11.8 Å². The van der Waals surface area contributed by atoms with Crippen molar-refractivity contribution in [1.29, 1.82) is 0 Å². The molecule has 1 fully saturated rings. The highest BCUT2D eigenvalue weighted by atomic mass is 35.5. The van der Waals surface area contributed by atoms with E-state index in [4.69, 9.17) is 26.2 Å². The molecule has 1 heterocycles. The third kappa shape index (κ3) is 5.88. The number of carboxylic acid groups (broad SMARTS) is 1. The van der Waals surface area contributed by atoms with E-state index in [-0.39, 0.29) is 25.1 Å². The minimum atomic E-state index is -1.04. The lowest BCUT2D eigenvalue weighted by atomic mass is 10.1. The van der Waals surface area contributed by atoms with Gasteiger partial charge in [-0.2, -0.15) is 0 Å². The molecule has 1 saturated heterocycles. The molecule has 1 aromatic carbocycles. The number of methoxy groups -OCH3 is 1. The molecule has 1 N–H and O–H groups in total. The van der Waals surface area contributed by atoms with Crippen LogP contribution in [0.15, 0.2) is 18.2 Å². The van der Waals surface area contributed by atoms with Gasteiger partial charge in [-0.1, -0.05) is 11.6 Å². The van der Waals surface area contributed by atoms with Gasteiger partial charge >= 0.3 is 5.97 Å². The first kappa shape index (κ1) is 19.5. The normalized spacial score (nSPS) is 18.0. The number of aliphatic carboxylic acids is 1. The summed E-state index contributed by atoms with van der Waals surface area (Å²) in [4.78, 5) is 26.0. The summed E-state index contributed by atoms with van der Waals surface area (Å²) in [5.74, 6) is -0.546. The van der Waals surface area contributed by atoms with Crippen LogP contribution in [0, 0.1) is 0 Å². The van der Waals surface area contributed by atoms with E-state index in [1.807, 2.05) is 12.1 Å². The van der Waals surface area contributed by atoms with Crippen molar-refractivity contribution in [3.8, 4) is 5.75 Å². The summed E-state index contributed by atoms with van der Waals surface area (Å²) in [6.07, 6.45) is -0.234. The number of nitrogens with zero attached hydrogens (tertiary/aromatic N) is 2. The first-order valence-electron chi connectivity index (χ1n) is 8.02. The molecule has 1 amide bonds. The number of hydrogen-bond acceptors (Lipinski definition) is 5. The van der Waals surface area contributed by atoms with Crippen LogP contribution in [-0.2, 0) is 20.9 Å². The zero-order chi connectivity index (χ0) is 18.4. The first-order valence-corrected chi connectivity index (χ1v) is 8.40. The molecule has 0 saturated carbocycles. The van der Waals surface area contributed by atoms with Crippen molar-refractivity contribution >= 4 is 23.5 Å². The van der Waals surface area contributed by atoms with Gasteiger partial charge in [0.15, 0.2) is 0 Å². The summed E-state index contributed by atoms with van der Waals surface area (Å²) in [6.45, 7) is 3.79. The van der Waals surface area contributed by atoms with Gasteiger partial charge in [0.2, 0.25) is 5.91 Å². The fourth-order valence-electron chi connectivity index (χ4n) is 2.86. The van der Waals surface area contributed by atoms with E-state index in [9.17, 15) is 9.59 Å². The van der Waals surface area contributed by atoms with Crippen LogP contribution >= 0.6 is 11.6 Å². The highest BCUT2D eigenvalue weighted by Gasteiger charge is 2.25. The quantitative estimate of drug-likeness (QED) is 0.783. The fourth-order valence-corrected chi connectivity index (χ4v) is 3.05. The molecule has 0 aliphatic carbocycles. The minimum absolute atomic E-state index is 0.234. The highest BCUT2D eigenvalue weighted by molar-refractivity contribution is 6.30. The van der Waals surface area contributed by atoms with Gasteiger partial charge < -0.3 is 19.5 Å². The van der Waals surface area contributed by atoms with Crippen molar-refractivity contribution in [2.24, 2.45) is 0 Å². The Labute approximate surface area is 152 Å². The second-order valence-electron chi connectivity index (χ2n) is 5.98. The molecule has 1 atom stereocenters. The largest absolute Gasteiger partial charge is 0.496 e. The molecule has 1 unspecified atom stereocenters. The number of carbonyl (C=O) groups excluding carboxylic acids is 1. The number of benzene rings is 1. The lowest BCUT2D eigenvalue weighted by Crippen LogP contribution is -2.49. The predicted molar refractivity (Wildman–Crippen MR) is 92.9 cm³/mol. The molecule has 7 nitrogen and oxygen atoms in total. The van der Waals surface area contributed by atoms with Crippen molar-refractivity contribution in [2.45, 2.75) is 19.6 Å². The molecular formula is C17H23ClN2O5. The van der Waals surface area contributed by atoms with Crippen LogP contribution in [0.2, 0.25) is 5.02 Å². The van der Waals surface area contributed by atoms with Gasteiger partial charge in [-0.25, -0.2) is 0 Å². The van der Waals surface area contributed by atoms with Gasteiger partial charge in [0, 0.05) is 43.7 Å².